The Morgan fingerprint density at radius 1 is 1.19 bits per heavy atom. The molecule has 8 heteroatoms. The van der Waals surface area contributed by atoms with Gasteiger partial charge in [-0.15, -0.1) is 10.2 Å². The molecule has 0 saturated heterocycles. The molecule has 0 saturated carbocycles. The number of aryl methyl sites for hydroxylation is 1. The van der Waals surface area contributed by atoms with E-state index in [9.17, 15) is 14.9 Å². The number of benzene rings is 2. The van der Waals surface area contributed by atoms with Gasteiger partial charge in [0.25, 0.3) is 11.6 Å². The maximum Gasteiger partial charge on any atom is 0.339 e. The largest absolute Gasteiger partial charge is 0.449 e. The number of ether oxygens (including phenoxy) is 1. The first-order valence-corrected chi connectivity index (χ1v) is 7.80. The summed E-state index contributed by atoms with van der Waals surface area (Å²) in [5, 5.41) is 18.7. The minimum atomic E-state index is -0.798. The van der Waals surface area contributed by atoms with Crippen molar-refractivity contribution in [1.82, 2.24) is 10.2 Å². The zero-order chi connectivity index (χ0) is 18.7. The van der Waals surface area contributed by atoms with E-state index >= 15 is 0 Å². The summed E-state index contributed by atoms with van der Waals surface area (Å²) in [6.07, 6.45) is -0.798. The topological polar surface area (TPSA) is 108 Å². The minimum Gasteiger partial charge on any atom is -0.449 e. The summed E-state index contributed by atoms with van der Waals surface area (Å²) < 4.78 is 10.8. The van der Waals surface area contributed by atoms with Crippen LogP contribution in [0.25, 0.3) is 11.5 Å². The third kappa shape index (κ3) is 3.75. The van der Waals surface area contributed by atoms with E-state index < -0.39 is 17.0 Å². The van der Waals surface area contributed by atoms with Gasteiger partial charge in [-0.3, -0.25) is 10.1 Å². The van der Waals surface area contributed by atoms with Crippen LogP contribution in [0.4, 0.5) is 5.69 Å². The van der Waals surface area contributed by atoms with Crippen molar-refractivity contribution >= 4 is 11.7 Å². The Kier molecular flexibility index (Phi) is 4.74. The molecule has 1 unspecified atom stereocenters. The molecule has 0 radical (unpaired) electrons. The second-order valence-electron chi connectivity index (χ2n) is 5.67. The van der Waals surface area contributed by atoms with E-state index in [4.69, 9.17) is 9.15 Å². The zero-order valence-corrected chi connectivity index (χ0v) is 14.1. The standard InChI is InChI=1S/C18H15N3O5/c1-11-5-3-6-13(9-11)17-20-19-16(26-17)12(2)25-18(22)14-7-4-8-15(10-14)21(23)24/h3-10,12H,1-2H3. The van der Waals surface area contributed by atoms with Crippen LogP contribution in [0.15, 0.2) is 52.9 Å². The first-order valence-electron chi connectivity index (χ1n) is 7.80. The number of aromatic nitrogens is 2. The molecule has 0 aliphatic rings. The number of nitro benzene ring substituents is 1. The maximum atomic E-state index is 12.2. The second-order valence-corrected chi connectivity index (χ2v) is 5.67. The number of hydrogen-bond donors (Lipinski definition) is 0. The molecule has 3 aromatic rings. The predicted octanol–water partition coefficient (Wildman–Crippen LogP) is 3.87. The number of carbonyl (C=O) groups is 1. The molecule has 0 spiro atoms. The summed E-state index contributed by atoms with van der Waals surface area (Å²) in [6, 6.07) is 12.9. The van der Waals surface area contributed by atoms with Crippen molar-refractivity contribution in [1.29, 1.82) is 0 Å². The van der Waals surface area contributed by atoms with E-state index in [-0.39, 0.29) is 17.1 Å². The molecule has 26 heavy (non-hydrogen) atoms. The molecule has 0 fully saturated rings. The fourth-order valence-corrected chi connectivity index (χ4v) is 2.32. The van der Waals surface area contributed by atoms with Crippen molar-refractivity contribution in [3.05, 3.63) is 75.7 Å². The zero-order valence-electron chi connectivity index (χ0n) is 14.1. The summed E-state index contributed by atoms with van der Waals surface area (Å²) in [7, 11) is 0. The van der Waals surface area contributed by atoms with Gasteiger partial charge < -0.3 is 9.15 Å². The molecule has 1 heterocycles. The smallest absolute Gasteiger partial charge is 0.339 e. The summed E-state index contributed by atoms with van der Waals surface area (Å²) in [5.74, 6) is -0.251. The minimum absolute atomic E-state index is 0.0736. The molecular weight excluding hydrogens is 338 g/mol. The van der Waals surface area contributed by atoms with Crippen LogP contribution in [0.5, 0.6) is 0 Å². The molecule has 132 valence electrons. The number of nitro groups is 1. The maximum absolute atomic E-state index is 12.2. The van der Waals surface area contributed by atoms with Gasteiger partial charge in [0.15, 0.2) is 6.10 Å². The Hall–Kier alpha value is -3.55. The monoisotopic (exact) mass is 353 g/mol. The Labute approximate surface area is 148 Å². The predicted molar refractivity (Wildman–Crippen MR) is 91.4 cm³/mol. The summed E-state index contributed by atoms with van der Waals surface area (Å²) in [6.45, 7) is 3.53. The van der Waals surface area contributed by atoms with Crippen molar-refractivity contribution in [2.75, 3.05) is 0 Å². The molecule has 1 atom stereocenters. The molecule has 0 bridgehead atoms. The highest BCUT2D eigenvalue weighted by molar-refractivity contribution is 5.90. The third-order valence-electron chi connectivity index (χ3n) is 3.63. The first kappa shape index (κ1) is 17.3. The van der Waals surface area contributed by atoms with Crippen LogP contribution in [0, 0.1) is 17.0 Å². The van der Waals surface area contributed by atoms with Crippen molar-refractivity contribution in [3.63, 3.8) is 0 Å². The number of hydrogen-bond acceptors (Lipinski definition) is 7. The van der Waals surface area contributed by atoms with Gasteiger partial charge in [0, 0.05) is 17.7 Å². The average Bonchev–Trinajstić information content (AvgIpc) is 3.12. The molecule has 0 N–H and O–H groups in total. The molecule has 0 aliphatic carbocycles. The number of nitrogens with zero attached hydrogens (tertiary/aromatic N) is 3. The third-order valence-corrected chi connectivity index (χ3v) is 3.63. The molecule has 1 aromatic heterocycles. The van der Waals surface area contributed by atoms with Gasteiger partial charge in [0.05, 0.1) is 10.5 Å². The molecule has 8 nitrogen and oxygen atoms in total. The fourth-order valence-electron chi connectivity index (χ4n) is 2.32. The van der Waals surface area contributed by atoms with Gasteiger partial charge in [-0.2, -0.15) is 0 Å². The van der Waals surface area contributed by atoms with Crippen molar-refractivity contribution in [2.24, 2.45) is 0 Å². The van der Waals surface area contributed by atoms with Crippen LogP contribution in [0.2, 0.25) is 0 Å². The number of non-ortho nitro benzene ring substituents is 1. The van der Waals surface area contributed by atoms with Gasteiger partial charge in [0.2, 0.25) is 5.89 Å². The highest BCUT2D eigenvalue weighted by atomic mass is 16.6. The Morgan fingerprint density at radius 3 is 2.69 bits per heavy atom. The Morgan fingerprint density at radius 2 is 1.96 bits per heavy atom. The molecule has 0 amide bonds. The summed E-state index contributed by atoms with van der Waals surface area (Å²) in [5.41, 5.74) is 1.70. The van der Waals surface area contributed by atoms with Gasteiger partial charge in [-0.1, -0.05) is 23.8 Å². The van der Waals surface area contributed by atoms with E-state index in [1.165, 1.54) is 18.2 Å². The van der Waals surface area contributed by atoms with Crippen molar-refractivity contribution in [3.8, 4) is 11.5 Å². The van der Waals surface area contributed by atoms with Crippen LogP contribution < -0.4 is 0 Å². The normalized spacial score (nSPS) is 11.8. The van der Waals surface area contributed by atoms with Gasteiger partial charge in [-0.05, 0) is 32.0 Å². The molecule has 0 aliphatic heterocycles. The van der Waals surface area contributed by atoms with Gasteiger partial charge in [-0.25, -0.2) is 4.79 Å². The Bertz CT molecular complexity index is 967. The highest BCUT2D eigenvalue weighted by Gasteiger charge is 2.21. The lowest BCUT2D eigenvalue weighted by Crippen LogP contribution is -2.09. The lowest BCUT2D eigenvalue weighted by atomic mass is 10.1. The second kappa shape index (κ2) is 7.14. The quantitative estimate of drug-likeness (QED) is 0.389. The number of esters is 1. The van der Waals surface area contributed by atoms with E-state index in [1.54, 1.807) is 6.92 Å². The number of carbonyl (C=O) groups excluding carboxylic acids is 1. The SMILES string of the molecule is Cc1cccc(-c2nnc(C(C)OC(=O)c3cccc([N+](=O)[O-])c3)o2)c1. The van der Waals surface area contributed by atoms with E-state index in [2.05, 4.69) is 10.2 Å². The van der Waals surface area contributed by atoms with Crippen molar-refractivity contribution < 1.29 is 18.9 Å². The molecule has 3 rings (SSSR count). The lowest BCUT2D eigenvalue weighted by Gasteiger charge is -2.09. The van der Waals surface area contributed by atoms with Crippen LogP contribution in [-0.2, 0) is 4.74 Å². The Balaban J connectivity index is 1.74. The lowest BCUT2D eigenvalue weighted by molar-refractivity contribution is -0.384. The molecular formula is C18H15N3O5. The average molecular weight is 353 g/mol. The van der Waals surface area contributed by atoms with Crippen LogP contribution in [0.1, 0.15) is 34.8 Å². The molecule has 2 aromatic carbocycles. The van der Waals surface area contributed by atoms with Crippen LogP contribution >= 0.6 is 0 Å². The fraction of sp³-hybridized carbons (Fsp3) is 0.167. The van der Waals surface area contributed by atoms with Gasteiger partial charge in [0.1, 0.15) is 0 Å². The van der Waals surface area contributed by atoms with Crippen molar-refractivity contribution in [2.45, 2.75) is 20.0 Å². The number of rotatable bonds is 5. The first-order chi connectivity index (χ1) is 12.4. The summed E-state index contributed by atoms with van der Waals surface area (Å²) >= 11 is 0. The summed E-state index contributed by atoms with van der Waals surface area (Å²) in [4.78, 5) is 22.4. The van der Waals surface area contributed by atoms with Gasteiger partial charge >= 0.3 is 5.97 Å². The van der Waals surface area contributed by atoms with Crippen LogP contribution in [-0.4, -0.2) is 21.1 Å². The van der Waals surface area contributed by atoms with Crippen LogP contribution in [0.3, 0.4) is 0 Å². The van der Waals surface area contributed by atoms with E-state index in [0.29, 0.717) is 5.89 Å². The van der Waals surface area contributed by atoms with E-state index in [0.717, 1.165) is 17.2 Å². The highest BCUT2D eigenvalue weighted by Crippen LogP contribution is 2.24. The van der Waals surface area contributed by atoms with E-state index in [1.807, 2.05) is 31.2 Å².